The Hall–Kier alpha value is -0.830. The van der Waals surface area contributed by atoms with Gasteiger partial charge < -0.3 is 15.1 Å². The molecule has 1 aliphatic rings. The van der Waals surface area contributed by atoms with Crippen molar-refractivity contribution in [2.45, 2.75) is 52.5 Å². The van der Waals surface area contributed by atoms with Crippen LogP contribution in [0.2, 0.25) is 0 Å². The molecule has 1 saturated heterocycles. The minimum Gasteiger partial charge on any atom is -0.356 e. The number of guanidine groups is 1. The highest BCUT2D eigenvalue weighted by molar-refractivity contribution is 14.0. The van der Waals surface area contributed by atoms with E-state index in [9.17, 15) is 0 Å². The number of likely N-dealkylation sites (tertiary alicyclic amines) is 1. The molecule has 0 aliphatic carbocycles. The Labute approximate surface area is 182 Å². The second-order valence-corrected chi connectivity index (χ2v) is 8.10. The Balaban J connectivity index is 0.00000364. The first-order valence-electron chi connectivity index (χ1n) is 10.1. The van der Waals surface area contributed by atoms with Crippen molar-refractivity contribution in [1.29, 1.82) is 0 Å². The lowest BCUT2D eigenvalue weighted by molar-refractivity contribution is 0.182. The Morgan fingerprint density at radius 1 is 1.44 bits per heavy atom. The minimum absolute atomic E-state index is 0. The lowest BCUT2D eigenvalue weighted by Crippen LogP contribution is -2.40. The summed E-state index contributed by atoms with van der Waals surface area (Å²) >= 11 is 0. The van der Waals surface area contributed by atoms with Crippen LogP contribution < -0.4 is 5.32 Å². The highest BCUT2D eigenvalue weighted by Gasteiger charge is 2.16. The molecular weight excluding hydrogens is 451 g/mol. The van der Waals surface area contributed by atoms with Gasteiger partial charge in [0.15, 0.2) is 5.96 Å². The maximum absolute atomic E-state index is 4.61. The quantitative estimate of drug-likeness (QED) is 0.276. The monoisotopic (exact) mass is 490 g/mol. The molecule has 6 nitrogen and oxygen atoms in total. The number of aliphatic imine (C=N–C) groups is 1. The maximum Gasteiger partial charge on any atom is 0.193 e. The molecule has 1 aromatic rings. The molecule has 1 aromatic heterocycles. The van der Waals surface area contributed by atoms with Crippen molar-refractivity contribution in [3.05, 3.63) is 17.5 Å². The number of halogens is 1. The summed E-state index contributed by atoms with van der Waals surface area (Å²) in [6.07, 6.45) is 6.02. The largest absolute Gasteiger partial charge is 0.356 e. The zero-order chi connectivity index (χ0) is 19.1. The Bertz CT molecular complexity index is 583. The maximum atomic E-state index is 4.61. The van der Waals surface area contributed by atoms with Gasteiger partial charge in [-0.1, -0.05) is 20.8 Å². The third kappa shape index (κ3) is 7.60. The number of hydrogen-bond donors (Lipinski definition) is 1. The number of hydrogen-bond acceptors (Lipinski definition) is 3. The predicted octanol–water partition coefficient (Wildman–Crippen LogP) is 3.29. The van der Waals surface area contributed by atoms with Crippen LogP contribution in [0.5, 0.6) is 0 Å². The van der Waals surface area contributed by atoms with Crippen LogP contribution in [-0.4, -0.2) is 65.8 Å². The summed E-state index contributed by atoms with van der Waals surface area (Å²) in [6.45, 7) is 12.2. The smallest absolute Gasteiger partial charge is 0.193 e. The zero-order valence-electron chi connectivity index (χ0n) is 18.0. The van der Waals surface area contributed by atoms with Crippen molar-refractivity contribution < 1.29 is 0 Å². The van der Waals surface area contributed by atoms with Gasteiger partial charge >= 0.3 is 0 Å². The number of nitrogens with zero attached hydrogens (tertiary/aromatic N) is 5. The molecule has 2 heterocycles. The fourth-order valence-corrected chi connectivity index (χ4v) is 3.87. The average molecular weight is 490 g/mol. The number of aromatic nitrogens is 2. The molecule has 0 amide bonds. The second-order valence-electron chi connectivity index (χ2n) is 8.10. The minimum atomic E-state index is 0. The SMILES string of the molecule is CN=C(NCCCN1CCCC(C)C1)N(C)Cc1cn(C)nc1C(C)C.I. The molecule has 1 N–H and O–H groups in total. The standard InChI is InChI=1S/C20H38N6.HI/c1-16(2)19-18(15-25(6)23-19)14-24(5)20(21-4)22-10-8-12-26-11-7-9-17(3)13-26;/h15-17H,7-14H2,1-6H3,(H,21,22);1H. The van der Waals surface area contributed by atoms with Gasteiger partial charge in [0.05, 0.1) is 5.69 Å². The second kappa shape index (κ2) is 11.9. The van der Waals surface area contributed by atoms with Crippen LogP contribution in [0.4, 0.5) is 0 Å². The van der Waals surface area contributed by atoms with E-state index in [-0.39, 0.29) is 24.0 Å². The Morgan fingerprint density at radius 3 is 2.81 bits per heavy atom. The number of rotatable bonds is 7. The van der Waals surface area contributed by atoms with Crippen molar-refractivity contribution in [1.82, 2.24) is 24.9 Å². The highest BCUT2D eigenvalue weighted by atomic mass is 127. The predicted molar refractivity (Wildman–Crippen MR) is 125 cm³/mol. The van der Waals surface area contributed by atoms with E-state index in [1.165, 1.54) is 43.7 Å². The van der Waals surface area contributed by atoms with E-state index >= 15 is 0 Å². The molecule has 0 aromatic carbocycles. The van der Waals surface area contributed by atoms with Crippen LogP contribution in [0.15, 0.2) is 11.2 Å². The number of aryl methyl sites for hydroxylation is 1. The summed E-state index contributed by atoms with van der Waals surface area (Å²) in [7, 11) is 5.94. The van der Waals surface area contributed by atoms with Gasteiger partial charge in [0.2, 0.25) is 0 Å². The van der Waals surface area contributed by atoms with Crippen LogP contribution in [-0.2, 0) is 13.6 Å². The van der Waals surface area contributed by atoms with Crippen LogP contribution in [0, 0.1) is 5.92 Å². The molecule has 0 radical (unpaired) electrons. The van der Waals surface area contributed by atoms with Gasteiger partial charge in [-0.05, 0) is 44.2 Å². The third-order valence-electron chi connectivity index (χ3n) is 5.14. The van der Waals surface area contributed by atoms with Crippen LogP contribution in [0.1, 0.15) is 57.2 Å². The van der Waals surface area contributed by atoms with E-state index in [0.29, 0.717) is 5.92 Å². The molecule has 0 bridgehead atoms. The first-order valence-corrected chi connectivity index (χ1v) is 10.1. The fourth-order valence-electron chi connectivity index (χ4n) is 3.87. The normalized spacial score (nSPS) is 18.5. The van der Waals surface area contributed by atoms with E-state index in [1.807, 2.05) is 18.8 Å². The number of piperidine rings is 1. The molecule has 1 unspecified atom stereocenters. The van der Waals surface area contributed by atoms with Gasteiger partial charge in [0, 0.05) is 52.5 Å². The lowest BCUT2D eigenvalue weighted by Gasteiger charge is -2.31. The first-order chi connectivity index (χ1) is 12.4. The van der Waals surface area contributed by atoms with E-state index in [2.05, 4.69) is 59.2 Å². The Morgan fingerprint density at radius 2 is 2.19 bits per heavy atom. The summed E-state index contributed by atoms with van der Waals surface area (Å²) in [5.41, 5.74) is 2.45. The van der Waals surface area contributed by atoms with E-state index in [0.717, 1.165) is 31.4 Å². The molecule has 0 saturated carbocycles. The Kier molecular flexibility index (Phi) is 10.7. The van der Waals surface area contributed by atoms with Gasteiger partial charge in [0.1, 0.15) is 0 Å². The molecule has 0 spiro atoms. The molecular formula is C20H39IN6. The zero-order valence-corrected chi connectivity index (χ0v) is 20.4. The molecule has 2 rings (SSSR count). The summed E-state index contributed by atoms with van der Waals surface area (Å²) < 4.78 is 1.91. The van der Waals surface area contributed by atoms with Crippen molar-refractivity contribution in [3.8, 4) is 0 Å². The van der Waals surface area contributed by atoms with Gasteiger partial charge in [-0.25, -0.2) is 0 Å². The van der Waals surface area contributed by atoms with Gasteiger partial charge in [-0.2, -0.15) is 5.10 Å². The first kappa shape index (κ1) is 24.2. The van der Waals surface area contributed by atoms with Crippen molar-refractivity contribution >= 4 is 29.9 Å². The van der Waals surface area contributed by atoms with Crippen molar-refractivity contribution in [3.63, 3.8) is 0 Å². The molecule has 1 atom stereocenters. The van der Waals surface area contributed by atoms with E-state index < -0.39 is 0 Å². The fraction of sp³-hybridized carbons (Fsp3) is 0.800. The summed E-state index contributed by atoms with van der Waals surface area (Å²) in [5.74, 6) is 2.24. The summed E-state index contributed by atoms with van der Waals surface area (Å²) in [6, 6.07) is 0. The van der Waals surface area contributed by atoms with Crippen molar-refractivity contribution in [2.24, 2.45) is 18.0 Å². The third-order valence-corrected chi connectivity index (χ3v) is 5.14. The van der Waals surface area contributed by atoms with Crippen LogP contribution in [0.3, 0.4) is 0 Å². The average Bonchev–Trinajstić information content (AvgIpc) is 2.95. The lowest BCUT2D eigenvalue weighted by atomic mass is 10.0. The molecule has 7 heteroatoms. The highest BCUT2D eigenvalue weighted by Crippen LogP contribution is 2.18. The van der Waals surface area contributed by atoms with Crippen molar-refractivity contribution in [2.75, 3.05) is 40.3 Å². The molecule has 156 valence electrons. The summed E-state index contributed by atoms with van der Waals surface area (Å²) in [4.78, 5) is 9.24. The van der Waals surface area contributed by atoms with Crippen LogP contribution in [0.25, 0.3) is 0 Å². The van der Waals surface area contributed by atoms with Gasteiger partial charge in [-0.15, -0.1) is 24.0 Å². The number of nitrogens with one attached hydrogen (secondary N) is 1. The van der Waals surface area contributed by atoms with E-state index in [4.69, 9.17) is 0 Å². The van der Waals surface area contributed by atoms with Crippen LogP contribution >= 0.6 is 24.0 Å². The summed E-state index contributed by atoms with van der Waals surface area (Å²) in [5, 5.41) is 8.12. The van der Waals surface area contributed by atoms with Gasteiger partial charge in [-0.3, -0.25) is 9.67 Å². The molecule has 27 heavy (non-hydrogen) atoms. The van der Waals surface area contributed by atoms with Gasteiger partial charge in [0.25, 0.3) is 0 Å². The molecule has 1 fully saturated rings. The molecule has 1 aliphatic heterocycles. The van der Waals surface area contributed by atoms with E-state index in [1.54, 1.807) is 0 Å². The topological polar surface area (TPSA) is 48.7 Å².